The molecule has 0 atom stereocenters. The van der Waals surface area contributed by atoms with Crippen LogP contribution in [0.3, 0.4) is 0 Å². The van der Waals surface area contributed by atoms with E-state index in [9.17, 15) is 0 Å². The Kier molecular flexibility index (Phi) is 7.06. The highest BCUT2D eigenvalue weighted by Crippen LogP contribution is 2.25. The number of aromatic nitrogens is 3. The molecule has 2 aromatic heterocycles. The summed E-state index contributed by atoms with van der Waals surface area (Å²) in [5.41, 5.74) is 2.57. The Morgan fingerprint density at radius 2 is 1.82 bits per heavy atom. The van der Waals surface area contributed by atoms with Crippen molar-refractivity contribution >= 4 is 30.7 Å². The molecular weight excluding hydrogens is 394 g/mol. The molecule has 28 heavy (non-hydrogen) atoms. The Labute approximate surface area is 171 Å². The number of rotatable bonds is 10. The summed E-state index contributed by atoms with van der Waals surface area (Å²) in [6.07, 6.45) is 1.89. The van der Waals surface area contributed by atoms with Crippen molar-refractivity contribution in [1.82, 2.24) is 14.5 Å². The molecule has 0 saturated heterocycles. The minimum atomic E-state index is -1.13. The number of fused-ring (bicyclic) bond motifs is 1. The normalized spacial score (nSPS) is 11.9. The van der Waals surface area contributed by atoms with Crippen LogP contribution in [0.2, 0.25) is 31.0 Å². The third-order valence-corrected chi connectivity index (χ3v) is 6.04. The van der Waals surface area contributed by atoms with Gasteiger partial charge in [-0.3, -0.25) is 0 Å². The van der Waals surface area contributed by atoms with Gasteiger partial charge in [-0.05, 0) is 29.3 Å². The lowest BCUT2D eigenvalue weighted by atomic mass is 10.2. The zero-order chi connectivity index (χ0) is 20.0. The number of hydrogen-bond donors (Lipinski definition) is 0. The second-order valence-electron chi connectivity index (χ2n) is 7.76. The van der Waals surface area contributed by atoms with Crippen molar-refractivity contribution in [2.45, 2.75) is 39.0 Å². The number of nitrogens with zero attached hydrogens (tertiary/aromatic N) is 3. The van der Waals surface area contributed by atoms with Crippen molar-refractivity contribution in [3.8, 4) is 5.88 Å². The van der Waals surface area contributed by atoms with E-state index in [0.717, 1.165) is 17.1 Å². The van der Waals surface area contributed by atoms with Crippen LogP contribution in [0.5, 0.6) is 5.88 Å². The van der Waals surface area contributed by atoms with Gasteiger partial charge in [-0.15, -0.1) is 0 Å². The van der Waals surface area contributed by atoms with Gasteiger partial charge in [0.25, 0.3) is 0 Å². The molecule has 0 unspecified atom stereocenters. The fourth-order valence-corrected chi connectivity index (χ4v) is 3.55. The van der Waals surface area contributed by atoms with Crippen molar-refractivity contribution < 1.29 is 14.2 Å². The maximum atomic E-state index is 6.04. The van der Waals surface area contributed by atoms with Crippen LogP contribution in [-0.2, 0) is 22.8 Å². The second kappa shape index (κ2) is 9.51. The Bertz CT molecular complexity index is 897. The monoisotopic (exact) mass is 419 g/mol. The van der Waals surface area contributed by atoms with E-state index in [4.69, 9.17) is 25.8 Å². The summed E-state index contributed by atoms with van der Waals surface area (Å²) in [4.78, 5) is 8.49. The summed E-state index contributed by atoms with van der Waals surface area (Å²) in [6.45, 7) is 8.62. The van der Waals surface area contributed by atoms with Crippen LogP contribution in [-0.4, -0.2) is 36.0 Å². The fraction of sp³-hybridized carbons (Fsp3) is 0.400. The van der Waals surface area contributed by atoms with Crippen molar-refractivity contribution in [1.29, 1.82) is 0 Å². The van der Waals surface area contributed by atoms with Crippen molar-refractivity contribution in [3.05, 3.63) is 53.4 Å². The van der Waals surface area contributed by atoms with Crippen molar-refractivity contribution in [3.63, 3.8) is 0 Å². The van der Waals surface area contributed by atoms with Crippen LogP contribution in [0.1, 0.15) is 5.56 Å². The van der Waals surface area contributed by atoms with Crippen molar-refractivity contribution in [2.24, 2.45) is 0 Å². The summed E-state index contributed by atoms with van der Waals surface area (Å²) in [7, 11) is -1.13. The Balaban J connectivity index is 1.63. The van der Waals surface area contributed by atoms with Crippen molar-refractivity contribution in [2.75, 3.05) is 13.4 Å². The predicted octanol–water partition coefficient (Wildman–Crippen LogP) is 4.95. The van der Waals surface area contributed by atoms with Gasteiger partial charge in [-0.25, -0.2) is 4.98 Å². The molecule has 0 fully saturated rings. The van der Waals surface area contributed by atoms with Crippen LogP contribution in [0, 0.1) is 0 Å². The molecule has 0 amide bonds. The topological polar surface area (TPSA) is 58.4 Å². The minimum Gasteiger partial charge on any atom is -0.449 e. The smallest absolute Gasteiger partial charge is 0.245 e. The molecule has 2 heterocycles. The van der Waals surface area contributed by atoms with E-state index >= 15 is 0 Å². The second-order valence-corrected chi connectivity index (χ2v) is 13.7. The summed E-state index contributed by atoms with van der Waals surface area (Å²) < 4.78 is 19.1. The zero-order valence-corrected chi connectivity index (χ0v) is 18.3. The molecule has 3 rings (SSSR count). The van der Waals surface area contributed by atoms with Gasteiger partial charge in [0.15, 0.2) is 6.79 Å². The standard InChI is InChI=1S/C20H26ClN3O3Si/c1-28(2,3)12-11-25-15-27-19-18-17(22-20(21)23-19)9-10-24(18)14-26-13-16-7-5-4-6-8-16/h4-10H,11-15H2,1-3H3. The molecule has 0 N–H and O–H groups in total. The fourth-order valence-electron chi connectivity index (χ4n) is 2.62. The molecule has 0 aliphatic carbocycles. The van der Waals surface area contributed by atoms with Gasteiger partial charge in [0.2, 0.25) is 11.2 Å². The highest BCUT2D eigenvalue weighted by atomic mass is 35.5. The molecule has 1 aromatic carbocycles. The number of hydrogen-bond acceptors (Lipinski definition) is 5. The molecule has 0 aliphatic heterocycles. The summed E-state index contributed by atoms with van der Waals surface area (Å²) in [6, 6.07) is 13.0. The third-order valence-electron chi connectivity index (χ3n) is 4.17. The first-order valence-corrected chi connectivity index (χ1v) is 13.4. The molecule has 3 aromatic rings. The molecule has 6 nitrogen and oxygen atoms in total. The van der Waals surface area contributed by atoms with E-state index < -0.39 is 8.07 Å². The van der Waals surface area contributed by atoms with Crippen LogP contribution < -0.4 is 4.74 Å². The SMILES string of the molecule is C[Si](C)(C)CCOCOc1nc(Cl)nc2ccn(COCc3ccccc3)c12. The largest absolute Gasteiger partial charge is 0.449 e. The first-order valence-electron chi connectivity index (χ1n) is 9.27. The summed E-state index contributed by atoms with van der Waals surface area (Å²) in [5.74, 6) is 0.399. The first kappa shape index (κ1) is 20.8. The van der Waals surface area contributed by atoms with Crippen LogP contribution in [0.15, 0.2) is 42.6 Å². The molecule has 0 saturated carbocycles. The molecule has 0 radical (unpaired) electrons. The molecule has 150 valence electrons. The molecule has 0 bridgehead atoms. The third kappa shape index (κ3) is 6.03. The Morgan fingerprint density at radius 1 is 1.04 bits per heavy atom. The molecule has 0 aliphatic rings. The zero-order valence-electron chi connectivity index (χ0n) is 16.5. The van der Waals surface area contributed by atoms with Gasteiger partial charge in [0.1, 0.15) is 12.2 Å². The first-order chi connectivity index (χ1) is 13.4. The molecule has 0 spiro atoms. The minimum absolute atomic E-state index is 0.128. The summed E-state index contributed by atoms with van der Waals surface area (Å²) >= 11 is 6.04. The van der Waals surface area contributed by atoms with E-state index in [1.54, 1.807) is 0 Å². The lowest BCUT2D eigenvalue weighted by Gasteiger charge is -2.15. The maximum absolute atomic E-state index is 6.04. The molecule has 8 heteroatoms. The van der Waals surface area contributed by atoms with E-state index in [0.29, 0.717) is 31.3 Å². The Hall–Kier alpha value is -1.93. The lowest BCUT2D eigenvalue weighted by Crippen LogP contribution is -2.22. The van der Waals surface area contributed by atoms with Gasteiger partial charge < -0.3 is 18.8 Å². The van der Waals surface area contributed by atoms with E-state index in [1.807, 2.05) is 47.2 Å². The van der Waals surface area contributed by atoms with E-state index in [-0.39, 0.29) is 12.1 Å². The maximum Gasteiger partial charge on any atom is 0.245 e. The molecular formula is C20H26ClN3O3Si. The lowest BCUT2D eigenvalue weighted by molar-refractivity contribution is 0.0195. The van der Waals surface area contributed by atoms with Gasteiger partial charge >= 0.3 is 0 Å². The summed E-state index contributed by atoms with van der Waals surface area (Å²) in [5, 5.41) is 0.146. The number of halogens is 1. The number of benzene rings is 1. The van der Waals surface area contributed by atoms with E-state index in [2.05, 4.69) is 29.6 Å². The highest BCUT2D eigenvalue weighted by Gasteiger charge is 2.15. The van der Waals surface area contributed by atoms with Crippen LogP contribution in [0.4, 0.5) is 0 Å². The van der Waals surface area contributed by atoms with E-state index in [1.165, 1.54) is 0 Å². The van der Waals surface area contributed by atoms with Crippen LogP contribution >= 0.6 is 11.6 Å². The van der Waals surface area contributed by atoms with Crippen LogP contribution in [0.25, 0.3) is 11.0 Å². The predicted molar refractivity (Wildman–Crippen MR) is 113 cm³/mol. The van der Waals surface area contributed by atoms with Gasteiger partial charge in [-0.1, -0.05) is 50.0 Å². The van der Waals surface area contributed by atoms with Gasteiger partial charge in [0, 0.05) is 20.9 Å². The average molecular weight is 420 g/mol. The quantitative estimate of drug-likeness (QED) is 0.201. The number of ether oxygens (including phenoxy) is 3. The highest BCUT2D eigenvalue weighted by molar-refractivity contribution is 6.76. The average Bonchev–Trinajstić information content (AvgIpc) is 3.04. The Morgan fingerprint density at radius 3 is 2.57 bits per heavy atom. The van der Waals surface area contributed by atoms with Gasteiger partial charge in [0.05, 0.1) is 12.1 Å². The van der Waals surface area contributed by atoms with Gasteiger partial charge in [-0.2, -0.15) is 4.98 Å².